The van der Waals surface area contributed by atoms with Crippen LogP contribution in [0.4, 0.5) is 4.79 Å². The fourth-order valence-electron chi connectivity index (χ4n) is 0.954. The molecule has 0 spiro atoms. The van der Waals surface area contributed by atoms with Crippen molar-refractivity contribution in [2.45, 2.75) is 45.2 Å². The molecule has 3 nitrogen and oxygen atoms in total. The van der Waals surface area contributed by atoms with Crippen molar-refractivity contribution in [2.75, 3.05) is 6.54 Å². The molecule has 0 aliphatic rings. The number of amides is 2. The average Bonchev–Trinajstić information content (AvgIpc) is 2.12. The molecule has 0 heterocycles. The highest BCUT2D eigenvalue weighted by Crippen LogP contribution is 1.91. The second-order valence-electron chi connectivity index (χ2n) is 3.42. The Morgan fingerprint density at radius 1 is 1.38 bits per heavy atom. The Bertz CT molecular complexity index is 142. The number of nitrogens with one attached hydrogen (secondary N) is 2. The van der Waals surface area contributed by atoms with E-state index in [1.54, 1.807) is 0 Å². The van der Waals surface area contributed by atoms with Crippen LogP contribution >= 0.6 is 0 Å². The van der Waals surface area contributed by atoms with Crippen LogP contribution < -0.4 is 10.6 Å². The highest BCUT2D eigenvalue weighted by Gasteiger charge is 2.02. The van der Waals surface area contributed by atoms with Crippen molar-refractivity contribution in [2.24, 2.45) is 0 Å². The zero-order valence-electron chi connectivity index (χ0n) is 9.02. The maximum Gasteiger partial charge on any atom is 0.314 e. The predicted octanol–water partition coefficient (Wildman–Crippen LogP) is 0.577. The van der Waals surface area contributed by atoms with Gasteiger partial charge in [-0.25, -0.2) is 4.79 Å². The molecule has 0 aromatic rings. The van der Waals surface area contributed by atoms with Gasteiger partial charge in [0.25, 0.3) is 0 Å². The lowest BCUT2D eigenvalue weighted by atomic mass is 10.2. The first-order valence-corrected chi connectivity index (χ1v) is 6.40. The number of unbranched alkanes of at least 4 members (excludes halogenated alkanes) is 2. The fourth-order valence-corrected chi connectivity index (χ4v) is 1.22. The van der Waals surface area contributed by atoms with E-state index in [9.17, 15) is 4.79 Å². The van der Waals surface area contributed by atoms with E-state index in [-0.39, 0.29) is 6.03 Å². The molecular formula is C9H22N2OSi. The van der Waals surface area contributed by atoms with E-state index in [2.05, 4.69) is 24.5 Å². The molecule has 2 N–H and O–H groups in total. The van der Waals surface area contributed by atoms with Gasteiger partial charge in [0.1, 0.15) is 0 Å². The van der Waals surface area contributed by atoms with Crippen molar-refractivity contribution in [1.29, 1.82) is 0 Å². The topological polar surface area (TPSA) is 41.1 Å². The molecule has 0 aliphatic heterocycles. The molecule has 1 atom stereocenters. The third-order valence-electron chi connectivity index (χ3n) is 2.06. The van der Waals surface area contributed by atoms with Gasteiger partial charge in [0, 0.05) is 22.5 Å². The molecule has 0 bridgehead atoms. The second kappa shape index (κ2) is 8.10. The van der Waals surface area contributed by atoms with Crippen LogP contribution in [-0.2, 0) is 0 Å². The minimum atomic E-state index is -0.00190. The summed E-state index contributed by atoms with van der Waals surface area (Å²) in [5.41, 5.74) is 0.408. The van der Waals surface area contributed by atoms with Crippen molar-refractivity contribution in [3.05, 3.63) is 0 Å². The van der Waals surface area contributed by atoms with Gasteiger partial charge in [-0.05, 0) is 12.8 Å². The van der Waals surface area contributed by atoms with Gasteiger partial charge in [-0.2, -0.15) is 0 Å². The lowest BCUT2D eigenvalue weighted by molar-refractivity contribution is 0.239. The van der Waals surface area contributed by atoms with E-state index in [0.717, 1.165) is 29.6 Å². The predicted molar refractivity (Wildman–Crippen MR) is 60.1 cm³/mol. The van der Waals surface area contributed by atoms with Crippen LogP contribution in [0.2, 0.25) is 0 Å². The van der Waals surface area contributed by atoms with E-state index in [4.69, 9.17) is 0 Å². The number of carbonyl (C=O) groups excluding carboxylic acids is 1. The van der Waals surface area contributed by atoms with E-state index in [0.29, 0.717) is 5.67 Å². The van der Waals surface area contributed by atoms with Gasteiger partial charge < -0.3 is 10.6 Å². The summed E-state index contributed by atoms with van der Waals surface area (Å²) in [5.74, 6) is 0. The van der Waals surface area contributed by atoms with Crippen LogP contribution in [0, 0.1) is 0 Å². The Kier molecular flexibility index (Phi) is 7.78. The molecule has 0 aromatic carbocycles. The molecule has 78 valence electrons. The highest BCUT2D eigenvalue weighted by molar-refractivity contribution is 6.12. The first-order valence-electron chi connectivity index (χ1n) is 5.25. The summed E-state index contributed by atoms with van der Waals surface area (Å²) in [6, 6.07) is -0.00190. The third kappa shape index (κ3) is 7.84. The molecule has 0 rings (SSSR count). The summed E-state index contributed by atoms with van der Waals surface area (Å²) in [4.78, 5) is 11.2. The van der Waals surface area contributed by atoms with Gasteiger partial charge in [-0.1, -0.05) is 26.7 Å². The van der Waals surface area contributed by atoms with Crippen molar-refractivity contribution in [3.8, 4) is 0 Å². The summed E-state index contributed by atoms with van der Waals surface area (Å²) in [6.45, 7) is 5.05. The Labute approximate surface area is 84.1 Å². The van der Waals surface area contributed by atoms with E-state index in [1.165, 1.54) is 12.8 Å². The monoisotopic (exact) mass is 202 g/mol. The number of hydrogen-bond donors (Lipinski definition) is 2. The Morgan fingerprint density at radius 3 is 2.62 bits per heavy atom. The smallest absolute Gasteiger partial charge is 0.314 e. The highest BCUT2D eigenvalue weighted by atomic mass is 28.1. The maximum atomic E-state index is 11.2. The van der Waals surface area contributed by atoms with Crippen molar-refractivity contribution < 1.29 is 4.79 Å². The SMILES string of the molecule is CCCCCNC(=O)NC([SiH3])CC. The quantitative estimate of drug-likeness (QED) is 0.480. The molecular weight excluding hydrogens is 180 g/mol. The number of carbonyl (C=O) groups is 1. The number of urea groups is 1. The summed E-state index contributed by atoms with van der Waals surface area (Å²) in [7, 11) is 1.03. The minimum absolute atomic E-state index is 0.00190. The molecule has 4 heteroatoms. The third-order valence-corrected chi connectivity index (χ3v) is 3.16. The first-order chi connectivity index (χ1) is 6.20. The normalized spacial score (nSPS) is 12.5. The zero-order valence-corrected chi connectivity index (χ0v) is 11.0. The van der Waals surface area contributed by atoms with Crippen molar-refractivity contribution in [3.63, 3.8) is 0 Å². The fraction of sp³-hybridized carbons (Fsp3) is 0.889. The molecule has 0 aromatic heterocycles. The molecule has 0 radical (unpaired) electrons. The van der Waals surface area contributed by atoms with E-state index in [1.807, 2.05) is 0 Å². The van der Waals surface area contributed by atoms with Crippen LogP contribution in [0.1, 0.15) is 39.5 Å². The van der Waals surface area contributed by atoms with Gasteiger partial charge in [-0.3, -0.25) is 0 Å². The summed E-state index contributed by atoms with van der Waals surface area (Å²) >= 11 is 0. The van der Waals surface area contributed by atoms with Crippen LogP contribution in [0.15, 0.2) is 0 Å². The summed E-state index contributed by atoms with van der Waals surface area (Å²) < 4.78 is 0. The molecule has 0 saturated heterocycles. The number of rotatable bonds is 6. The molecule has 0 aliphatic carbocycles. The van der Waals surface area contributed by atoms with Crippen LogP contribution in [0.5, 0.6) is 0 Å². The Hall–Kier alpha value is -0.513. The lowest BCUT2D eigenvalue weighted by Crippen LogP contribution is -2.42. The molecule has 2 amide bonds. The van der Waals surface area contributed by atoms with E-state index >= 15 is 0 Å². The van der Waals surface area contributed by atoms with Crippen molar-refractivity contribution in [1.82, 2.24) is 10.6 Å². The summed E-state index contributed by atoms with van der Waals surface area (Å²) in [5, 5.41) is 5.77. The van der Waals surface area contributed by atoms with Crippen LogP contribution in [0.25, 0.3) is 0 Å². The minimum Gasteiger partial charge on any atom is -0.339 e. The molecule has 13 heavy (non-hydrogen) atoms. The van der Waals surface area contributed by atoms with Crippen LogP contribution in [-0.4, -0.2) is 28.5 Å². The van der Waals surface area contributed by atoms with Gasteiger partial charge in [0.15, 0.2) is 0 Å². The standard InChI is InChI=1S/C9H22N2OSi/c1-3-5-6-7-10-9(12)11-8(13)4-2/h8H,3-7H2,1-2,13H3,(H2,10,11,12). The van der Waals surface area contributed by atoms with Gasteiger partial charge >= 0.3 is 6.03 Å². The second-order valence-corrected chi connectivity index (χ2v) is 4.81. The lowest BCUT2D eigenvalue weighted by Gasteiger charge is -2.12. The van der Waals surface area contributed by atoms with E-state index < -0.39 is 0 Å². The first kappa shape index (κ1) is 12.5. The molecule has 0 saturated carbocycles. The molecule has 1 unspecified atom stereocenters. The van der Waals surface area contributed by atoms with Gasteiger partial charge in [0.2, 0.25) is 0 Å². The average molecular weight is 202 g/mol. The Morgan fingerprint density at radius 2 is 2.08 bits per heavy atom. The van der Waals surface area contributed by atoms with Crippen LogP contribution in [0.3, 0.4) is 0 Å². The van der Waals surface area contributed by atoms with Gasteiger partial charge in [-0.15, -0.1) is 0 Å². The Balaban J connectivity index is 3.30. The zero-order chi connectivity index (χ0) is 10.1. The largest absolute Gasteiger partial charge is 0.339 e. The van der Waals surface area contributed by atoms with Gasteiger partial charge in [0.05, 0.1) is 0 Å². The number of hydrogen-bond acceptors (Lipinski definition) is 1. The summed E-state index contributed by atoms with van der Waals surface area (Å²) in [6.07, 6.45) is 4.51. The van der Waals surface area contributed by atoms with Crippen molar-refractivity contribution >= 4 is 16.3 Å². The maximum absolute atomic E-state index is 11.2. The molecule has 0 fully saturated rings.